The Kier molecular flexibility index (Phi) is 6.24. The molecular weight excluding hydrogens is 266 g/mol. The summed E-state index contributed by atoms with van der Waals surface area (Å²) in [5, 5.41) is 2.92. The van der Waals surface area contributed by atoms with E-state index in [-0.39, 0.29) is 30.1 Å². The summed E-state index contributed by atoms with van der Waals surface area (Å²) in [6.45, 7) is 1.22. The van der Waals surface area contributed by atoms with Crippen molar-refractivity contribution in [3.8, 4) is 0 Å². The van der Waals surface area contributed by atoms with Crippen molar-refractivity contribution < 1.29 is 18.4 Å². The number of Topliss-reactive ketones (excluding diaryl/α,β-unsaturated/α-hetero) is 1. The van der Waals surface area contributed by atoms with Crippen molar-refractivity contribution in [2.24, 2.45) is 0 Å². The molecule has 0 aliphatic rings. The third-order valence-electron chi connectivity index (χ3n) is 2.93. The Balaban J connectivity index is 2.50. The number of nitrogens with zero attached hydrogens (tertiary/aromatic N) is 1. The minimum Gasteiger partial charge on any atom is -0.344 e. The molecule has 1 amide bonds. The quantitative estimate of drug-likeness (QED) is 0.774. The topological polar surface area (TPSA) is 49.4 Å². The second kappa shape index (κ2) is 7.69. The molecule has 0 atom stereocenters. The van der Waals surface area contributed by atoms with E-state index in [1.54, 1.807) is 14.1 Å². The highest BCUT2D eigenvalue weighted by Gasteiger charge is 2.14. The van der Waals surface area contributed by atoms with Crippen molar-refractivity contribution in [2.75, 3.05) is 27.2 Å². The first-order chi connectivity index (χ1) is 9.45. The highest BCUT2D eigenvalue weighted by Crippen LogP contribution is 2.11. The van der Waals surface area contributed by atoms with Crippen molar-refractivity contribution in [2.45, 2.75) is 12.8 Å². The fraction of sp³-hybridized carbons (Fsp3) is 0.429. The predicted molar refractivity (Wildman–Crippen MR) is 71.5 cm³/mol. The minimum absolute atomic E-state index is 0.0200. The van der Waals surface area contributed by atoms with Crippen LogP contribution in [0.25, 0.3) is 0 Å². The van der Waals surface area contributed by atoms with Crippen molar-refractivity contribution in [3.05, 3.63) is 35.4 Å². The Morgan fingerprint density at radius 1 is 1.20 bits per heavy atom. The minimum atomic E-state index is -1.06. The number of rotatable bonds is 7. The summed E-state index contributed by atoms with van der Waals surface area (Å²) in [5.41, 5.74) is 0.0783. The van der Waals surface area contributed by atoms with Crippen molar-refractivity contribution in [1.82, 2.24) is 10.2 Å². The molecule has 0 radical (unpaired) electrons. The van der Waals surface area contributed by atoms with E-state index in [2.05, 4.69) is 5.32 Å². The third-order valence-corrected chi connectivity index (χ3v) is 2.93. The van der Waals surface area contributed by atoms with E-state index >= 15 is 0 Å². The number of carbonyl (C=O) groups is 2. The van der Waals surface area contributed by atoms with E-state index in [0.29, 0.717) is 13.1 Å². The summed E-state index contributed by atoms with van der Waals surface area (Å²) in [4.78, 5) is 25.0. The van der Waals surface area contributed by atoms with Gasteiger partial charge in [-0.3, -0.25) is 9.59 Å². The van der Waals surface area contributed by atoms with Crippen LogP contribution in [0.3, 0.4) is 0 Å². The molecular formula is C14H18F2N2O2. The van der Waals surface area contributed by atoms with Crippen LogP contribution in [0.15, 0.2) is 18.2 Å². The number of hydrogen-bond donors (Lipinski definition) is 1. The first-order valence-electron chi connectivity index (χ1n) is 6.32. The Morgan fingerprint density at radius 3 is 2.50 bits per heavy atom. The number of likely N-dealkylation sites (N-methyl/N-ethyl adjacent to an activating group) is 2. The van der Waals surface area contributed by atoms with E-state index < -0.39 is 11.6 Å². The van der Waals surface area contributed by atoms with Gasteiger partial charge in [0.2, 0.25) is 5.91 Å². The zero-order valence-electron chi connectivity index (χ0n) is 11.6. The summed E-state index contributed by atoms with van der Waals surface area (Å²) in [7, 11) is 3.44. The lowest BCUT2D eigenvalue weighted by molar-refractivity contribution is -0.129. The lowest BCUT2D eigenvalue weighted by atomic mass is 10.1. The van der Waals surface area contributed by atoms with Gasteiger partial charge < -0.3 is 10.2 Å². The average Bonchev–Trinajstić information content (AvgIpc) is 2.44. The molecule has 20 heavy (non-hydrogen) atoms. The molecule has 0 heterocycles. The van der Waals surface area contributed by atoms with E-state index in [0.717, 1.165) is 12.1 Å². The SMILES string of the molecule is CNCCN(C)C(=O)CCC(=O)c1ccc(F)c(F)c1. The van der Waals surface area contributed by atoms with Crippen LogP contribution in [0.5, 0.6) is 0 Å². The van der Waals surface area contributed by atoms with Crippen LogP contribution in [0.4, 0.5) is 8.78 Å². The van der Waals surface area contributed by atoms with Crippen LogP contribution in [0.2, 0.25) is 0 Å². The van der Waals surface area contributed by atoms with Gasteiger partial charge in [0.1, 0.15) is 0 Å². The molecule has 1 aromatic rings. The molecule has 1 rings (SSSR count). The largest absolute Gasteiger partial charge is 0.344 e. The molecule has 6 heteroatoms. The normalized spacial score (nSPS) is 10.4. The van der Waals surface area contributed by atoms with Gasteiger partial charge in [0.05, 0.1) is 0 Å². The highest BCUT2D eigenvalue weighted by atomic mass is 19.2. The molecule has 1 aromatic carbocycles. The van der Waals surface area contributed by atoms with Crippen LogP contribution in [0, 0.1) is 11.6 Å². The second-order valence-electron chi connectivity index (χ2n) is 4.47. The molecule has 4 nitrogen and oxygen atoms in total. The molecule has 0 saturated heterocycles. The number of nitrogens with one attached hydrogen (secondary N) is 1. The van der Waals surface area contributed by atoms with Crippen molar-refractivity contribution >= 4 is 11.7 Å². The number of amides is 1. The lowest BCUT2D eigenvalue weighted by Gasteiger charge is -2.16. The van der Waals surface area contributed by atoms with Crippen LogP contribution in [-0.2, 0) is 4.79 Å². The predicted octanol–water partition coefficient (Wildman–Crippen LogP) is 1.61. The maximum Gasteiger partial charge on any atom is 0.222 e. The van der Waals surface area contributed by atoms with E-state index in [1.165, 1.54) is 11.0 Å². The van der Waals surface area contributed by atoms with Gasteiger partial charge in [0.25, 0.3) is 0 Å². The summed E-state index contributed by atoms with van der Waals surface area (Å²) in [5.74, 6) is -2.59. The molecule has 0 aliphatic carbocycles. The monoisotopic (exact) mass is 284 g/mol. The van der Waals surface area contributed by atoms with E-state index in [1.807, 2.05) is 0 Å². The van der Waals surface area contributed by atoms with Gasteiger partial charge in [-0.1, -0.05) is 0 Å². The van der Waals surface area contributed by atoms with Gasteiger partial charge in [0.15, 0.2) is 17.4 Å². The van der Waals surface area contributed by atoms with Gasteiger partial charge in [-0.15, -0.1) is 0 Å². The zero-order chi connectivity index (χ0) is 15.1. The molecule has 0 saturated carbocycles. The van der Waals surface area contributed by atoms with Crippen molar-refractivity contribution in [3.63, 3.8) is 0 Å². The Morgan fingerprint density at radius 2 is 1.90 bits per heavy atom. The fourth-order valence-corrected chi connectivity index (χ4v) is 1.63. The number of ketones is 1. The molecule has 110 valence electrons. The first-order valence-corrected chi connectivity index (χ1v) is 6.32. The standard InChI is InChI=1S/C14H18F2N2O2/c1-17-7-8-18(2)14(20)6-5-13(19)10-3-4-11(15)12(16)9-10/h3-4,9,17H,5-8H2,1-2H3. The highest BCUT2D eigenvalue weighted by molar-refractivity contribution is 5.97. The van der Waals surface area contributed by atoms with Crippen molar-refractivity contribution in [1.29, 1.82) is 0 Å². The maximum atomic E-state index is 13.0. The first kappa shape index (κ1) is 16.2. The molecule has 0 fully saturated rings. The number of halogens is 2. The maximum absolute atomic E-state index is 13.0. The number of hydrogen-bond acceptors (Lipinski definition) is 3. The van der Waals surface area contributed by atoms with Gasteiger partial charge in [0, 0.05) is 38.5 Å². The Hall–Kier alpha value is -1.82. The molecule has 0 bridgehead atoms. The van der Waals surface area contributed by atoms with Gasteiger partial charge in [-0.05, 0) is 25.2 Å². The number of carbonyl (C=O) groups excluding carboxylic acids is 2. The van der Waals surface area contributed by atoms with Crippen LogP contribution >= 0.6 is 0 Å². The second-order valence-corrected chi connectivity index (χ2v) is 4.47. The van der Waals surface area contributed by atoms with E-state index in [4.69, 9.17) is 0 Å². The molecule has 0 aliphatic heterocycles. The lowest BCUT2D eigenvalue weighted by Crippen LogP contribution is -2.32. The Labute approximate surface area is 116 Å². The molecule has 1 N–H and O–H groups in total. The molecule has 0 spiro atoms. The summed E-state index contributed by atoms with van der Waals surface area (Å²) in [6.07, 6.45) is 0.0336. The average molecular weight is 284 g/mol. The number of benzene rings is 1. The molecule has 0 unspecified atom stereocenters. The smallest absolute Gasteiger partial charge is 0.222 e. The summed E-state index contributed by atoms with van der Waals surface area (Å²) < 4.78 is 25.7. The van der Waals surface area contributed by atoms with Crippen LogP contribution in [0.1, 0.15) is 23.2 Å². The Bertz CT molecular complexity index is 492. The summed E-state index contributed by atoms with van der Waals surface area (Å²) >= 11 is 0. The fourth-order valence-electron chi connectivity index (χ4n) is 1.63. The zero-order valence-corrected chi connectivity index (χ0v) is 11.6. The van der Waals surface area contributed by atoms with Gasteiger partial charge >= 0.3 is 0 Å². The van der Waals surface area contributed by atoms with Crippen LogP contribution in [-0.4, -0.2) is 43.8 Å². The third kappa shape index (κ3) is 4.70. The van der Waals surface area contributed by atoms with Gasteiger partial charge in [-0.2, -0.15) is 0 Å². The van der Waals surface area contributed by atoms with Crippen LogP contribution < -0.4 is 5.32 Å². The molecule has 0 aromatic heterocycles. The summed E-state index contributed by atoms with van der Waals surface area (Å²) in [6, 6.07) is 2.98. The van der Waals surface area contributed by atoms with Gasteiger partial charge in [-0.25, -0.2) is 8.78 Å². The van der Waals surface area contributed by atoms with E-state index in [9.17, 15) is 18.4 Å².